The Morgan fingerprint density at radius 3 is 2.68 bits per heavy atom. The summed E-state index contributed by atoms with van der Waals surface area (Å²) in [4.78, 5) is 0. The quantitative estimate of drug-likeness (QED) is 0.817. The van der Waals surface area contributed by atoms with Gasteiger partial charge in [-0.3, -0.25) is 0 Å². The van der Waals surface area contributed by atoms with Crippen LogP contribution in [0.25, 0.3) is 0 Å². The van der Waals surface area contributed by atoms with E-state index in [1.54, 1.807) is 12.1 Å². The molecule has 0 aromatic heterocycles. The topological polar surface area (TPSA) is 33.0 Å². The minimum absolute atomic E-state index is 0.338. The molecule has 0 aliphatic carbocycles. The van der Waals surface area contributed by atoms with Crippen molar-refractivity contribution in [2.45, 2.75) is 13.5 Å². The minimum atomic E-state index is 0.338. The van der Waals surface area contributed by atoms with Gasteiger partial charge in [-0.15, -0.1) is 0 Å². The highest BCUT2D eigenvalue weighted by Crippen LogP contribution is 2.32. The summed E-state index contributed by atoms with van der Waals surface area (Å²) in [6, 6.07) is 13.1. The minimum Gasteiger partial charge on any atom is -0.486 e. The molecule has 0 fully saturated rings. The second-order valence-corrected chi connectivity index (χ2v) is 5.00. The van der Waals surface area contributed by atoms with Crippen LogP contribution in [0.15, 0.2) is 36.4 Å². The van der Waals surface area contributed by atoms with Crippen LogP contribution >= 0.6 is 23.2 Å². The van der Waals surface area contributed by atoms with E-state index in [-0.39, 0.29) is 0 Å². The lowest BCUT2D eigenvalue weighted by atomic mass is 10.1. The van der Waals surface area contributed by atoms with Gasteiger partial charge in [-0.1, -0.05) is 53.0 Å². The van der Waals surface area contributed by atoms with Gasteiger partial charge in [0.15, 0.2) is 5.75 Å². The van der Waals surface area contributed by atoms with Gasteiger partial charge in [-0.25, -0.2) is 0 Å². The second kappa shape index (κ2) is 5.97. The van der Waals surface area contributed by atoms with E-state index < -0.39 is 0 Å². The molecule has 2 aromatic carbocycles. The van der Waals surface area contributed by atoms with Gasteiger partial charge in [0.05, 0.1) is 10.6 Å². The van der Waals surface area contributed by atoms with Crippen molar-refractivity contribution in [3.63, 3.8) is 0 Å². The molecule has 0 aliphatic heterocycles. The van der Waals surface area contributed by atoms with Gasteiger partial charge in [0.25, 0.3) is 0 Å². The number of hydrogen-bond acceptors (Lipinski definition) is 2. The van der Waals surface area contributed by atoms with Crippen molar-refractivity contribution >= 4 is 23.2 Å². The Morgan fingerprint density at radius 1 is 1.21 bits per heavy atom. The standard InChI is InChI=1S/C15H11Cl2NO/c1-10-3-2-4-11(5-10)9-19-15-12(8-18)6-13(16)7-14(15)17/h2-7H,9H2,1H3. The Balaban J connectivity index is 2.23. The zero-order valence-corrected chi connectivity index (χ0v) is 11.8. The first-order chi connectivity index (χ1) is 9.10. The summed E-state index contributed by atoms with van der Waals surface area (Å²) in [6.45, 7) is 2.37. The molecule has 0 N–H and O–H groups in total. The average molecular weight is 292 g/mol. The fourth-order valence-corrected chi connectivity index (χ4v) is 2.30. The molecule has 0 aliphatic rings. The van der Waals surface area contributed by atoms with Crippen LogP contribution in [0.4, 0.5) is 0 Å². The predicted octanol–water partition coefficient (Wildman–Crippen LogP) is 4.75. The molecule has 19 heavy (non-hydrogen) atoms. The molecule has 0 unspecified atom stereocenters. The number of halogens is 2. The molecule has 2 aromatic rings. The van der Waals surface area contributed by atoms with Gasteiger partial charge in [0, 0.05) is 5.02 Å². The maximum absolute atomic E-state index is 9.06. The molecule has 0 saturated heterocycles. The van der Waals surface area contributed by atoms with E-state index in [9.17, 15) is 0 Å². The van der Waals surface area contributed by atoms with Crippen molar-refractivity contribution in [3.8, 4) is 11.8 Å². The van der Waals surface area contributed by atoms with Gasteiger partial charge in [0.2, 0.25) is 0 Å². The first kappa shape index (κ1) is 13.7. The summed E-state index contributed by atoms with van der Waals surface area (Å²) >= 11 is 11.9. The van der Waals surface area contributed by atoms with Crippen LogP contribution < -0.4 is 4.74 Å². The second-order valence-electron chi connectivity index (χ2n) is 4.15. The Bertz CT molecular complexity index is 647. The van der Waals surface area contributed by atoms with Gasteiger partial charge >= 0.3 is 0 Å². The molecule has 0 radical (unpaired) electrons. The number of rotatable bonds is 3. The van der Waals surface area contributed by atoms with E-state index >= 15 is 0 Å². The lowest BCUT2D eigenvalue weighted by Crippen LogP contribution is -1.98. The van der Waals surface area contributed by atoms with Crippen LogP contribution in [0, 0.1) is 18.3 Å². The number of aryl methyl sites for hydroxylation is 1. The predicted molar refractivity (Wildman–Crippen MR) is 76.7 cm³/mol. The third kappa shape index (κ3) is 3.41. The smallest absolute Gasteiger partial charge is 0.156 e. The van der Waals surface area contributed by atoms with Crippen molar-refractivity contribution in [1.82, 2.24) is 0 Å². The van der Waals surface area contributed by atoms with E-state index in [0.717, 1.165) is 11.1 Å². The summed E-state index contributed by atoms with van der Waals surface area (Å²) in [5.74, 6) is 0.370. The number of nitriles is 1. The molecule has 4 heteroatoms. The Kier molecular flexibility index (Phi) is 4.31. The zero-order chi connectivity index (χ0) is 13.8. The van der Waals surface area contributed by atoms with Crippen molar-refractivity contribution in [3.05, 3.63) is 63.1 Å². The third-order valence-corrected chi connectivity index (χ3v) is 3.09. The number of hydrogen-bond donors (Lipinski definition) is 0. The largest absolute Gasteiger partial charge is 0.486 e. The van der Waals surface area contributed by atoms with Gasteiger partial charge in [-0.05, 0) is 24.6 Å². The van der Waals surface area contributed by atoms with Crippen molar-refractivity contribution in [2.75, 3.05) is 0 Å². The Labute approximate surface area is 122 Å². The van der Waals surface area contributed by atoms with Crippen LogP contribution in [0.3, 0.4) is 0 Å². The van der Waals surface area contributed by atoms with Gasteiger partial charge in [0.1, 0.15) is 12.7 Å². The highest BCUT2D eigenvalue weighted by molar-refractivity contribution is 6.35. The van der Waals surface area contributed by atoms with Crippen LogP contribution in [-0.2, 0) is 6.61 Å². The Hall–Kier alpha value is -1.69. The summed E-state index contributed by atoms with van der Waals surface area (Å²) in [5, 5.41) is 9.83. The fourth-order valence-electron chi connectivity index (χ4n) is 1.75. The van der Waals surface area contributed by atoms with E-state index in [1.807, 2.05) is 37.3 Å². The van der Waals surface area contributed by atoms with Crippen LogP contribution in [0.2, 0.25) is 10.0 Å². The molecular formula is C15H11Cl2NO. The number of benzene rings is 2. The van der Waals surface area contributed by atoms with E-state index in [4.69, 9.17) is 33.2 Å². The van der Waals surface area contributed by atoms with Gasteiger partial charge < -0.3 is 4.74 Å². The monoisotopic (exact) mass is 291 g/mol. The molecular weight excluding hydrogens is 281 g/mol. The van der Waals surface area contributed by atoms with Crippen molar-refractivity contribution in [1.29, 1.82) is 5.26 Å². The van der Waals surface area contributed by atoms with Crippen LogP contribution in [0.1, 0.15) is 16.7 Å². The number of ether oxygens (including phenoxy) is 1. The summed E-state index contributed by atoms with van der Waals surface area (Å²) in [5.41, 5.74) is 2.52. The maximum atomic E-state index is 9.06. The van der Waals surface area contributed by atoms with E-state index in [0.29, 0.717) is 28.0 Å². The summed E-state index contributed by atoms with van der Waals surface area (Å²) < 4.78 is 5.64. The molecule has 0 heterocycles. The normalized spacial score (nSPS) is 10.0. The third-order valence-electron chi connectivity index (χ3n) is 2.59. The summed E-state index contributed by atoms with van der Waals surface area (Å²) in [7, 11) is 0. The first-order valence-electron chi connectivity index (χ1n) is 5.67. The van der Waals surface area contributed by atoms with E-state index in [1.165, 1.54) is 0 Å². The molecule has 0 saturated carbocycles. The van der Waals surface area contributed by atoms with Crippen LogP contribution in [0.5, 0.6) is 5.75 Å². The molecule has 0 spiro atoms. The highest BCUT2D eigenvalue weighted by Gasteiger charge is 2.10. The lowest BCUT2D eigenvalue weighted by molar-refractivity contribution is 0.305. The maximum Gasteiger partial charge on any atom is 0.156 e. The SMILES string of the molecule is Cc1cccc(COc2c(Cl)cc(Cl)cc2C#N)c1. The zero-order valence-electron chi connectivity index (χ0n) is 10.3. The van der Waals surface area contributed by atoms with Crippen molar-refractivity contribution < 1.29 is 4.74 Å². The Morgan fingerprint density at radius 2 is 2.00 bits per heavy atom. The highest BCUT2D eigenvalue weighted by atomic mass is 35.5. The summed E-state index contributed by atoms with van der Waals surface area (Å²) in [6.07, 6.45) is 0. The van der Waals surface area contributed by atoms with E-state index in [2.05, 4.69) is 0 Å². The molecule has 2 rings (SSSR count). The van der Waals surface area contributed by atoms with Crippen LogP contribution in [-0.4, -0.2) is 0 Å². The first-order valence-corrected chi connectivity index (χ1v) is 6.43. The lowest BCUT2D eigenvalue weighted by Gasteiger charge is -2.10. The number of nitrogens with zero attached hydrogens (tertiary/aromatic N) is 1. The van der Waals surface area contributed by atoms with Crippen molar-refractivity contribution in [2.24, 2.45) is 0 Å². The van der Waals surface area contributed by atoms with Gasteiger partial charge in [-0.2, -0.15) is 5.26 Å². The molecule has 0 amide bonds. The molecule has 2 nitrogen and oxygen atoms in total. The average Bonchev–Trinajstić information content (AvgIpc) is 2.37. The molecule has 0 bridgehead atoms. The molecule has 96 valence electrons. The molecule has 0 atom stereocenters. The fraction of sp³-hybridized carbons (Fsp3) is 0.133.